The third-order valence-corrected chi connectivity index (χ3v) is 15.7. The van der Waals surface area contributed by atoms with Crippen LogP contribution in [0.3, 0.4) is 0 Å². The molecule has 2 aromatic rings. The molecule has 1 unspecified atom stereocenters. The monoisotopic (exact) mass is 910 g/mol. The lowest BCUT2D eigenvalue weighted by atomic mass is 9.96. The average molecular weight is 911 g/mol. The van der Waals surface area contributed by atoms with Gasteiger partial charge in [-0.1, -0.05) is 43.2 Å². The van der Waals surface area contributed by atoms with E-state index in [1.807, 2.05) is 30.3 Å². The van der Waals surface area contributed by atoms with Crippen LogP contribution in [0.5, 0.6) is 11.6 Å². The third-order valence-electron chi connectivity index (χ3n) is 13.5. The topological polar surface area (TPSA) is 229 Å². The van der Waals surface area contributed by atoms with E-state index in [4.69, 9.17) is 28.6 Å². The smallest absolute Gasteiger partial charge is 0.492 e. The summed E-state index contributed by atoms with van der Waals surface area (Å²) in [4.78, 5) is 72.6. The second kappa shape index (κ2) is 19.2. The Morgan fingerprint density at radius 2 is 1.81 bits per heavy atom. The third kappa shape index (κ3) is 10.2. The first kappa shape index (κ1) is 44.9. The molecule has 6 aliphatic rings. The number of hydrogen-bond acceptors (Lipinski definition) is 12. The van der Waals surface area contributed by atoms with Gasteiger partial charge in [0.05, 0.1) is 29.5 Å². The van der Waals surface area contributed by atoms with E-state index in [1.165, 1.54) is 11.0 Å². The summed E-state index contributed by atoms with van der Waals surface area (Å²) in [5, 5.41) is 5.84. The van der Waals surface area contributed by atoms with Crippen LogP contribution in [0.15, 0.2) is 49.1 Å². The van der Waals surface area contributed by atoms with Gasteiger partial charge in [0.25, 0.3) is 5.91 Å². The summed E-state index contributed by atoms with van der Waals surface area (Å²) in [5.41, 5.74) is -0.389. The first-order valence-corrected chi connectivity index (χ1v) is 25.0. The molecule has 4 amide bonds. The van der Waals surface area contributed by atoms with Crippen molar-refractivity contribution in [1.29, 1.82) is 0 Å². The van der Waals surface area contributed by atoms with Gasteiger partial charge in [-0.15, -0.1) is 16.0 Å². The average Bonchev–Trinajstić information content (AvgIpc) is 4.04. The number of allylic oxidation sites excluding steroid dienone is 2. The fourth-order valence-corrected chi connectivity index (χ4v) is 11.5. The van der Waals surface area contributed by atoms with Crippen LogP contribution in [-0.4, -0.2) is 102 Å². The van der Waals surface area contributed by atoms with E-state index in [1.54, 1.807) is 0 Å². The Morgan fingerprint density at radius 1 is 1.03 bits per heavy atom. The number of rotatable bonds is 13. The van der Waals surface area contributed by atoms with Crippen molar-refractivity contribution in [3.8, 4) is 11.6 Å². The van der Waals surface area contributed by atoms with E-state index in [-0.39, 0.29) is 56.4 Å². The quantitative estimate of drug-likeness (QED) is 0.118. The normalized spacial score (nSPS) is 29.3. The summed E-state index contributed by atoms with van der Waals surface area (Å²) in [6, 6.07) is 5.23. The van der Waals surface area contributed by atoms with Gasteiger partial charge in [0.15, 0.2) is 0 Å². The maximum atomic E-state index is 15.0. The lowest BCUT2D eigenvalue weighted by Crippen LogP contribution is -2.59. The van der Waals surface area contributed by atoms with Crippen molar-refractivity contribution >= 4 is 53.0 Å². The van der Waals surface area contributed by atoms with E-state index < -0.39 is 77.0 Å². The van der Waals surface area contributed by atoms with Gasteiger partial charge in [-0.25, -0.2) is 18.2 Å². The van der Waals surface area contributed by atoms with Gasteiger partial charge in [-0.3, -0.25) is 19.1 Å². The summed E-state index contributed by atoms with van der Waals surface area (Å²) < 4.78 is 63.2. The van der Waals surface area contributed by atoms with Crippen LogP contribution in [0.25, 0.3) is 10.9 Å². The van der Waals surface area contributed by atoms with Crippen molar-refractivity contribution < 1.29 is 55.8 Å². The van der Waals surface area contributed by atoms with Crippen molar-refractivity contribution in [2.24, 2.45) is 17.8 Å². The van der Waals surface area contributed by atoms with Crippen LogP contribution in [0.4, 0.5) is 4.79 Å². The van der Waals surface area contributed by atoms with E-state index in [0.717, 1.165) is 43.9 Å². The van der Waals surface area contributed by atoms with Gasteiger partial charge in [0.1, 0.15) is 42.2 Å². The molecule has 63 heavy (non-hydrogen) atoms. The van der Waals surface area contributed by atoms with E-state index in [0.29, 0.717) is 61.8 Å². The summed E-state index contributed by atoms with van der Waals surface area (Å²) >= 11 is 0. The van der Waals surface area contributed by atoms with Crippen LogP contribution in [0.2, 0.25) is 0 Å². The number of pyridine rings is 1. The molecule has 340 valence electrons. The molecule has 17 nitrogen and oxygen atoms in total. The van der Waals surface area contributed by atoms with Crippen molar-refractivity contribution in [3.05, 3.63) is 54.6 Å². The number of amides is 4. The number of ether oxygens (including phenoxy) is 3. The predicted octanol–water partition coefficient (Wildman–Crippen LogP) is 5.03. The molecule has 4 N–H and O–H groups in total. The van der Waals surface area contributed by atoms with Crippen LogP contribution < -0.4 is 24.8 Å². The number of carbonyl (C=O) groups is 4. The van der Waals surface area contributed by atoms with Crippen molar-refractivity contribution in [3.63, 3.8) is 0 Å². The highest BCUT2D eigenvalue weighted by molar-refractivity contribution is 7.91. The summed E-state index contributed by atoms with van der Waals surface area (Å²) in [5.74, 6) is -1.88. The van der Waals surface area contributed by atoms with Gasteiger partial charge < -0.3 is 29.7 Å². The first-order chi connectivity index (χ1) is 30.4. The maximum Gasteiger partial charge on any atom is 0.694 e. The Kier molecular flexibility index (Phi) is 13.7. The molecule has 5 fully saturated rings. The Hall–Kier alpha value is -4.64. The molecule has 1 aromatic heterocycles. The SMILES string of the molecule is C=C[C@@H]1C[C@]1(NC(=O)[C@@H]1C[C@@H]2CN1C(=O)[C@H](C1CCCC1)NC(=O)O[C@@H]1CCC[C@H]1CCC=CCc1c(nc3ccccc3c1OCCCO[P+](=O)O)O2)C(=O)NS(=O)(=O)C1CC1. The lowest BCUT2D eigenvalue weighted by Gasteiger charge is -2.32. The highest BCUT2D eigenvalue weighted by Gasteiger charge is 2.62. The molecule has 1 saturated heterocycles. The number of benzene rings is 1. The van der Waals surface area contributed by atoms with Crippen molar-refractivity contribution in [1.82, 2.24) is 25.2 Å². The second-order valence-electron chi connectivity index (χ2n) is 17.7. The van der Waals surface area contributed by atoms with Crippen molar-refractivity contribution in [2.45, 2.75) is 131 Å². The molecular formula is C44H57N5O12PS+. The van der Waals surface area contributed by atoms with E-state index in [9.17, 15) is 27.4 Å². The van der Waals surface area contributed by atoms with Gasteiger partial charge in [0, 0.05) is 28.7 Å². The number of para-hydroxylation sites is 1. The summed E-state index contributed by atoms with van der Waals surface area (Å²) in [6.07, 6.45) is 12.7. The number of alkyl carbamates (subject to hydrolysis) is 1. The second-order valence-corrected chi connectivity index (χ2v) is 20.4. The Bertz CT molecular complexity index is 2250. The van der Waals surface area contributed by atoms with Gasteiger partial charge >= 0.3 is 14.3 Å². The van der Waals surface area contributed by atoms with Crippen LogP contribution in [0.1, 0.15) is 95.5 Å². The molecular weight excluding hydrogens is 854 g/mol. The molecule has 2 bridgehead atoms. The van der Waals surface area contributed by atoms with Gasteiger partial charge in [-0.2, -0.15) is 0 Å². The fraction of sp³-hybridized carbons (Fsp3) is 0.614. The largest absolute Gasteiger partial charge is 0.694 e. The molecule has 4 aliphatic carbocycles. The van der Waals surface area contributed by atoms with Crippen LogP contribution in [0, 0.1) is 17.8 Å². The van der Waals surface area contributed by atoms with E-state index in [2.05, 4.69) is 28.0 Å². The lowest BCUT2D eigenvalue weighted by molar-refractivity contribution is -0.142. The zero-order valence-corrected chi connectivity index (χ0v) is 37.0. The number of nitrogens with one attached hydrogen (secondary N) is 3. The fourth-order valence-electron chi connectivity index (χ4n) is 9.84. The zero-order chi connectivity index (χ0) is 44.3. The number of carbonyl (C=O) groups excluding carboxylic acids is 4. The molecule has 8 rings (SSSR count). The zero-order valence-electron chi connectivity index (χ0n) is 35.3. The molecule has 2 aliphatic heterocycles. The number of nitrogens with zero attached hydrogens (tertiary/aromatic N) is 2. The molecule has 0 radical (unpaired) electrons. The highest BCUT2D eigenvalue weighted by atomic mass is 32.2. The standard InChI is InChI=1S/C44H56N5O12PS/c1-2-29-25-44(29,42(52)48-63(56,57)31-20-21-31)47-39(50)35-24-30-26-49(35)41(51)37(28-13-6-7-14-28)46-43(53)61-36-19-10-15-27(36)12-4-3-5-17-33-38(58-22-11-23-59-62(54)55)32-16-8-9-18-34(32)45-40(33)60-30/h2-3,5,8-9,16,18,27-31,35-37H,1,4,6-7,10-15,17,19-26H2,(H3-,46,47,48,50,52,53,54,55)/p+1/t27-,29-,30-,35+,36-,37+,44-/m1/s1. The highest BCUT2D eigenvalue weighted by Crippen LogP contribution is 2.46. The summed E-state index contributed by atoms with van der Waals surface area (Å²) in [6.45, 7) is 3.90. The molecule has 4 saturated carbocycles. The van der Waals surface area contributed by atoms with Gasteiger partial charge in [-0.05, 0) is 94.6 Å². The summed E-state index contributed by atoms with van der Waals surface area (Å²) in [7, 11) is -6.70. The molecule has 8 atom stereocenters. The minimum absolute atomic E-state index is 0.00368. The molecule has 19 heteroatoms. The Morgan fingerprint density at radius 3 is 2.56 bits per heavy atom. The van der Waals surface area contributed by atoms with Crippen LogP contribution >= 0.6 is 8.25 Å². The number of hydrogen-bond donors (Lipinski definition) is 4. The minimum Gasteiger partial charge on any atom is -0.492 e. The molecule has 0 spiro atoms. The number of aromatic nitrogens is 1. The molecule has 3 heterocycles. The van der Waals surface area contributed by atoms with Gasteiger partial charge in [0.2, 0.25) is 27.7 Å². The van der Waals surface area contributed by atoms with E-state index >= 15 is 4.79 Å². The maximum absolute atomic E-state index is 15.0. The Labute approximate surface area is 368 Å². The Balaban J connectivity index is 1.15. The molecule has 1 aromatic carbocycles. The van der Waals surface area contributed by atoms with Crippen LogP contribution in [-0.2, 0) is 44.7 Å². The minimum atomic E-state index is -3.94. The first-order valence-electron chi connectivity index (χ1n) is 22.3. The number of fused-ring (bicyclic) bond motifs is 5. The number of sulfonamides is 1. The predicted molar refractivity (Wildman–Crippen MR) is 230 cm³/mol. The van der Waals surface area contributed by atoms with Crippen molar-refractivity contribution in [2.75, 3.05) is 19.8 Å².